The van der Waals surface area contributed by atoms with E-state index in [9.17, 15) is 4.79 Å². The standard InChI is InChI=1S/C9H15NO2/c10-7-1-4-9(5-2-7)8(11)3-6-12-9/h7H,1-6,10H2. The molecule has 2 rings (SSSR count). The molecule has 0 radical (unpaired) electrons. The molecule has 1 saturated carbocycles. The SMILES string of the molecule is NC1CCC2(CC1)OCCC2=O. The monoisotopic (exact) mass is 169 g/mol. The maximum absolute atomic E-state index is 11.5. The van der Waals surface area contributed by atoms with Crippen LogP contribution in [0.1, 0.15) is 32.1 Å². The Morgan fingerprint density at radius 3 is 2.58 bits per heavy atom. The van der Waals surface area contributed by atoms with Crippen LogP contribution in [0.15, 0.2) is 0 Å². The number of nitrogens with two attached hydrogens (primary N) is 1. The lowest BCUT2D eigenvalue weighted by Crippen LogP contribution is -2.43. The summed E-state index contributed by atoms with van der Waals surface area (Å²) in [5, 5.41) is 0. The number of hydrogen-bond acceptors (Lipinski definition) is 3. The van der Waals surface area contributed by atoms with Crippen molar-refractivity contribution in [3.05, 3.63) is 0 Å². The van der Waals surface area contributed by atoms with Crippen LogP contribution in [0.3, 0.4) is 0 Å². The molecule has 0 aromatic carbocycles. The van der Waals surface area contributed by atoms with Crippen LogP contribution in [0.5, 0.6) is 0 Å². The summed E-state index contributed by atoms with van der Waals surface area (Å²) in [5.74, 6) is 0.300. The van der Waals surface area contributed by atoms with Gasteiger partial charge in [-0.25, -0.2) is 0 Å². The van der Waals surface area contributed by atoms with Crippen molar-refractivity contribution in [1.29, 1.82) is 0 Å². The van der Waals surface area contributed by atoms with Gasteiger partial charge >= 0.3 is 0 Å². The Morgan fingerprint density at radius 1 is 1.42 bits per heavy atom. The van der Waals surface area contributed by atoms with Gasteiger partial charge in [-0.1, -0.05) is 0 Å². The van der Waals surface area contributed by atoms with Gasteiger partial charge in [0.15, 0.2) is 5.78 Å². The van der Waals surface area contributed by atoms with Crippen molar-refractivity contribution in [2.75, 3.05) is 6.61 Å². The number of hydrogen-bond donors (Lipinski definition) is 1. The van der Waals surface area contributed by atoms with Gasteiger partial charge in [0, 0.05) is 12.5 Å². The molecule has 0 unspecified atom stereocenters. The largest absolute Gasteiger partial charge is 0.367 e. The van der Waals surface area contributed by atoms with Gasteiger partial charge in [0.25, 0.3) is 0 Å². The summed E-state index contributed by atoms with van der Waals surface area (Å²) >= 11 is 0. The second-order valence-corrected chi connectivity index (χ2v) is 3.85. The molecule has 68 valence electrons. The third kappa shape index (κ3) is 1.17. The van der Waals surface area contributed by atoms with Crippen molar-refractivity contribution in [3.8, 4) is 0 Å². The lowest BCUT2D eigenvalue weighted by Gasteiger charge is -2.33. The van der Waals surface area contributed by atoms with Gasteiger partial charge in [-0.05, 0) is 25.7 Å². The molecule has 3 nitrogen and oxygen atoms in total. The minimum Gasteiger partial charge on any atom is -0.367 e. The minimum atomic E-state index is -0.407. The zero-order valence-corrected chi connectivity index (χ0v) is 7.21. The number of carbonyl (C=O) groups excluding carboxylic acids is 1. The Balaban J connectivity index is 2.07. The molecule has 0 aromatic rings. The van der Waals surface area contributed by atoms with E-state index in [1.54, 1.807) is 0 Å². The lowest BCUT2D eigenvalue weighted by molar-refractivity contribution is -0.135. The highest BCUT2D eigenvalue weighted by molar-refractivity contribution is 5.89. The molecule has 1 heterocycles. The van der Waals surface area contributed by atoms with Crippen LogP contribution >= 0.6 is 0 Å². The fourth-order valence-corrected chi connectivity index (χ4v) is 2.18. The van der Waals surface area contributed by atoms with Gasteiger partial charge < -0.3 is 10.5 Å². The van der Waals surface area contributed by atoms with Crippen LogP contribution in [0.4, 0.5) is 0 Å². The zero-order valence-electron chi connectivity index (χ0n) is 7.21. The maximum atomic E-state index is 11.5. The molecule has 1 aliphatic heterocycles. The van der Waals surface area contributed by atoms with E-state index in [1.807, 2.05) is 0 Å². The minimum absolute atomic E-state index is 0.285. The van der Waals surface area contributed by atoms with Crippen LogP contribution in [-0.4, -0.2) is 24.0 Å². The number of rotatable bonds is 0. The average Bonchev–Trinajstić information content (AvgIpc) is 2.41. The summed E-state index contributed by atoms with van der Waals surface area (Å²) in [6, 6.07) is 0.285. The van der Waals surface area contributed by atoms with Crippen molar-refractivity contribution < 1.29 is 9.53 Å². The third-order valence-electron chi connectivity index (χ3n) is 3.05. The number of ether oxygens (including phenoxy) is 1. The second kappa shape index (κ2) is 2.82. The van der Waals surface area contributed by atoms with E-state index in [0.717, 1.165) is 25.7 Å². The molecule has 2 aliphatic rings. The predicted molar refractivity (Wildman–Crippen MR) is 44.8 cm³/mol. The van der Waals surface area contributed by atoms with Crippen LogP contribution in [0.2, 0.25) is 0 Å². The molecule has 0 atom stereocenters. The van der Waals surface area contributed by atoms with Crippen molar-refractivity contribution in [3.63, 3.8) is 0 Å². The summed E-state index contributed by atoms with van der Waals surface area (Å²) in [7, 11) is 0. The molecule has 0 bridgehead atoms. The maximum Gasteiger partial charge on any atom is 0.166 e. The van der Waals surface area contributed by atoms with Gasteiger partial charge in [-0.2, -0.15) is 0 Å². The van der Waals surface area contributed by atoms with E-state index in [4.69, 9.17) is 10.5 Å². The fourth-order valence-electron chi connectivity index (χ4n) is 2.18. The Bertz CT molecular complexity index is 195. The molecule has 12 heavy (non-hydrogen) atoms. The first-order chi connectivity index (χ1) is 5.73. The average molecular weight is 169 g/mol. The van der Waals surface area contributed by atoms with Gasteiger partial charge in [0.2, 0.25) is 0 Å². The molecule has 0 amide bonds. The molecule has 2 fully saturated rings. The highest BCUT2D eigenvalue weighted by Crippen LogP contribution is 2.36. The molecule has 2 N–H and O–H groups in total. The zero-order chi connectivity index (χ0) is 8.60. The van der Waals surface area contributed by atoms with E-state index < -0.39 is 5.60 Å². The van der Waals surface area contributed by atoms with E-state index in [0.29, 0.717) is 18.8 Å². The quantitative estimate of drug-likeness (QED) is 0.578. The first kappa shape index (κ1) is 8.20. The summed E-state index contributed by atoms with van der Waals surface area (Å²) in [5.41, 5.74) is 5.36. The van der Waals surface area contributed by atoms with Crippen LogP contribution in [0.25, 0.3) is 0 Å². The Labute approximate surface area is 72.3 Å². The predicted octanol–water partition coefficient (Wildman–Crippen LogP) is 0.616. The molecule has 1 aliphatic carbocycles. The fraction of sp³-hybridized carbons (Fsp3) is 0.889. The first-order valence-electron chi connectivity index (χ1n) is 4.66. The van der Waals surface area contributed by atoms with E-state index >= 15 is 0 Å². The van der Waals surface area contributed by atoms with Crippen molar-refractivity contribution in [1.82, 2.24) is 0 Å². The Kier molecular flexibility index (Phi) is 1.93. The highest BCUT2D eigenvalue weighted by Gasteiger charge is 2.45. The van der Waals surface area contributed by atoms with E-state index in [-0.39, 0.29) is 6.04 Å². The lowest BCUT2D eigenvalue weighted by atomic mass is 9.80. The number of carbonyl (C=O) groups is 1. The van der Waals surface area contributed by atoms with Crippen LogP contribution < -0.4 is 5.73 Å². The summed E-state index contributed by atoms with van der Waals surface area (Å²) in [6.45, 7) is 0.619. The summed E-state index contributed by atoms with van der Waals surface area (Å²) in [6.07, 6.45) is 4.16. The molecular formula is C9H15NO2. The highest BCUT2D eigenvalue weighted by atomic mass is 16.5. The van der Waals surface area contributed by atoms with Crippen LogP contribution in [0, 0.1) is 0 Å². The Morgan fingerprint density at radius 2 is 2.08 bits per heavy atom. The molecule has 0 aromatic heterocycles. The first-order valence-corrected chi connectivity index (χ1v) is 4.66. The Hall–Kier alpha value is -0.410. The van der Waals surface area contributed by atoms with Gasteiger partial charge in [0.1, 0.15) is 5.60 Å². The van der Waals surface area contributed by atoms with Crippen molar-refractivity contribution >= 4 is 5.78 Å². The summed E-state index contributed by atoms with van der Waals surface area (Å²) in [4.78, 5) is 11.5. The van der Waals surface area contributed by atoms with Gasteiger partial charge in [0.05, 0.1) is 6.61 Å². The van der Waals surface area contributed by atoms with E-state index in [2.05, 4.69) is 0 Å². The normalized spacial score (nSPS) is 42.4. The smallest absolute Gasteiger partial charge is 0.166 e. The van der Waals surface area contributed by atoms with Crippen molar-refractivity contribution in [2.24, 2.45) is 5.73 Å². The number of ketones is 1. The molecule has 1 saturated heterocycles. The second-order valence-electron chi connectivity index (χ2n) is 3.85. The van der Waals surface area contributed by atoms with Crippen molar-refractivity contribution in [2.45, 2.75) is 43.7 Å². The molecular weight excluding hydrogens is 154 g/mol. The van der Waals surface area contributed by atoms with E-state index in [1.165, 1.54) is 0 Å². The number of Topliss-reactive ketones (excluding diaryl/α,β-unsaturated/α-hetero) is 1. The molecule has 1 spiro atoms. The van der Waals surface area contributed by atoms with Gasteiger partial charge in [-0.15, -0.1) is 0 Å². The topological polar surface area (TPSA) is 52.3 Å². The third-order valence-corrected chi connectivity index (χ3v) is 3.05. The molecule has 3 heteroatoms. The van der Waals surface area contributed by atoms with Gasteiger partial charge in [-0.3, -0.25) is 4.79 Å². The summed E-state index contributed by atoms with van der Waals surface area (Å²) < 4.78 is 5.54. The van der Waals surface area contributed by atoms with Crippen LogP contribution in [-0.2, 0) is 9.53 Å².